The monoisotopic (exact) mass is 632 g/mol. The maximum Gasteiger partial charge on any atom is 0.202 e. The second-order valence-corrected chi connectivity index (χ2v) is 13.0. The molecule has 2 aliphatic rings. The summed E-state index contributed by atoms with van der Waals surface area (Å²) in [6.45, 7) is 6.93. The van der Waals surface area contributed by atoms with E-state index in [9.17, 15) is 0 Å². The minimum atomic E-state index is 0.297. The number of aromatic nitrogens is 5. The Morgan fingerprint density at radius 2 is 1.68 bits per heavy atom. The summed E-state index contributed by atoms with van der Waals surface area (Å²) in [5.74, 6) is 3.42. The van der Waals surface area contributed by atoms with Gasteiger partial charge in [0.15, 0.2) is 0 Å². The molecule has 2 atom stereocenters. The predicted octanol–water partition coefficient (Wildman–Crippen LogP) is 6.84. The fourth-order valence-corrected chi connectivity index (χ4v) is 7.42. The van der Waals surface area contributed by atoms with Gasteiger partial charge < -0.3 is 25.0 Å². The molecule has 47 heavy (non-hydrogen) atoms. The Labute approximate surface area is 276 Å². The van der Waals surface area contributed by atoms with E-state index in [0.29, 0.717) is 29.7 Å². The van der Waals surface area contributed by atoms with Gasteiger partial charge in [-0.05, 0) is 92.0 Å². The number of pyridine rings is 1. The molecule has 10 nitrogen and oxygen atoms in total. The van der Waals surface area contributed by atoms with Crippen LogP contribution in [0.1, 0.15) is 61.8 Å². The van der Waals surface area contributed by atoms with Crippen LogP contribution in [0, 0.1) is 12.3 Å². The van der Waals surface area contributed by atoms with E-state index in [4.69, 9.17) is 19.4 Å². The number of piperidine rings is 1. The van der Waals surface area contributed by atoms with Crippen LogP contribution >= 0.6 is 0 Å². The fraction of sp³-hybridized carbons (Fsp3) is 0.405. The second-order valence-electron chi connectivity index (χ2n) is 13.0. The molecular weight excluding hydrogens is 588 g/mol. The molecule has 0 bridgehead atoms. The molecule has 7 rings (SSSR count). The van der Waals surface area contributed by atoms with Crippen molar-refractivity contribution in [1.82, 2.24) is 30.5 Å². The minimum absolute atomic E-state index is 0.297. The average molecular weight is 633 g/mol. The van der Waals surface area contributed by atoms with E-state index in [0.717, 1.165) is 77.0 Å². The van der Waals surface area contributed by atoms with Gasteiger partial charge in [-0.25, -0.2) is 15.0 Å². The van der Waals surface area contributed by atoms with Gasteiger partial charge in [-0.15, -0.1) is 0 Å². The fourth-order valence-electron chi connectivity index (χ4n) is 7.42. The molecule has 1 spiro atoms. The largest absolute Gasteiger partial charge is 0.497 e. The van der Waals surface area contributed by atoms with E-state index >= 15 is 0 Å². The molecule has 244 valence electrons. The zero-order valence-electron chi connectivity index (χ0n) is 27.7. The first kappa shape index (κ1) is 30.9. The van der Waals surface area contributed by atoms with Gasteiger partial charge in [0.25, 0.3) is 0 Å². The van der Waals surface area contributed by atoms with E-state index in [-0.39, 0.29) is 0 Å². The van der Waals surface area contributed by atoms with E-state index in [1.165, 1.54) is 24.8 Å². The second kappa shape index (κ2) is 13.2. The molecule has 3 N–H and O–H groups in total. The normalized spacial score (nSPS) is 18.0. The lowest BCUT2D eigenvalue weighted by Gasteiger charge is -2.44. The number of fused-ring (bicyclic) bond motifs is 1. The van der Waals surface area contributed by atoms with Crippen molar-refractivity contribution in [3.8, 4) is 22.8 Å². The molecule has 1 aliphatic heterocycles. The van der Waals surface area contributed by atoms with Crippen molar-refractivity contribution in [2.75, 3.05) is 37.5 Å². The number of nitrogens with one attached hydrogen (secondary N) is 3. The molecule has 0 amide bonds. The summed E-state index contributed by atoms with van der Waals surface area (Å²) in [5.41, 5.74) is 7.08. The first-order valence-corrected chi connectivity index (χ1v) is 16.6. The summed E-state index contributed by atoms with van der Waals surface area (Å²) < 4.78 is 10.6. The Morgan fingerprint density at radius 1 is 0.957 bits per heavy atom. The number of hydrogen-bond acceptors (Lipinski definition) is 9. The van der Waals surface area contributed by atoms with Gasteiger partial charge >= 0.3 is 0 Å². The van der Waals surface area contributed by atoms with Crippen molar-refractivity contribution in [3.63, 3.8) is 0 Å². The molecular formula is C37H44N8O2. The number of hydrogen-bond donors (Lipinski definition) is 3. The van der Waals surface area contributed by atoms with Crippen LogP contribution in [-0.2, 0) is 6.54 Å². The third-order valence-electron chi connectivity index (χ3n) is 10.3. The van der Waals surface area contributed by atoms with Crippen molar-refractivity contribution < 1.29 is 9.47 Å². The molecule has 3 aromatic heterocycles. The van der Waals surface area contributed by atoms with Crippen LogP contribution in [0.25, 0.3) is 22.4 Å². The Morgan fingerprint density at radius 3 is 2.40 bits per heavy atom. The van der Waals surface area contributed by atoms with Gasteiger partial charge in [0, 0.05) is 43.5 Å². The van der Waals surface area contributed by atoms with Gasteiger partial charge in [-0.3, -0.25) is 5.10 Å². The van der Waals surface area contributed by atoms with Gasteiger partial charge in [-0.2, -0.15) is 5.10 Å². The van der Waals surface area contributed by atoms with Crippen molar-refractivity contribution >= 4 is 22.8 Å². The summed E-state index contributed by atoms with van der Waals surface area (Å²) in [6.07, 6.45) is 9.88. The number of H-pyrrole nitrogens is 1. The van der Waals surface area contributed by atoms with Gasteiger partial charge in [0.2, 0.25) is 5.65 Å². The molecule has 4 heterocycles. The molecule has 0 radical (unpaired) electrons. The van der Waals surface area contributed by atoms with Crippen LogP contribution in [0.15, 0.2) is 67.0 Å². The van der Waals surface area contributed by atoms with Gasteiger partial charge in [0.05, 0.1) is 26.1 Å². The van der Waals surface area contributed by atoms with Crippen LogP contribution in [0.3, 0.4) is 0 Å². The molecule has 1 saturated carbocycles. The minimum Gasteiger partial charge on any atom is -0.497 e. The lowest BCUT2D eigenvalue weighted by Crippen LogP contribution is -2.49. The highest BCUT2D eigenvalue weighted by Crippen LogP contribution is 2.47. The first-order valence-electron chi connectivity index (χ1n) is 16.6. The lowest BCUT2D eigenvalue weighted by molar-refractivity contribution is 0.163. The van der Waals surface area contributed by atoms with Crippen LogP contribution < -0.4 is 25.0 Å². The van der Waals surface area contributed by atoms with Crippen LogP contribution in [0.2, 0.25) is 0 Å². The molecule has 2 aromatic carbocycles. The summed E-state index contributed by atoms with van der Waals surface area (Å²) >= 11 is 0. The molecule has 2 fully saturated rings. The molecule has 5 aromatic rings. The quantitative estimate of drug-likeness (QED) is 0.152. The zero-order valence-corrected chi connectivity index (χ0v) is 27.7. The van der Waals surface area contributed by atoms with Crippen LogP contribution in [0.5, 0.6) is 11.5 Å². The lowest BCUT2D eigenvalue weighted by atomic mass is 9.73. The summed E-state index contributed by atoms with van der Waals surface area (Å²) in [5, 5.41) is 15.3. The highest BCUT2D eigenvalue weighted by atomic mass is 16.5. The number of aromatic amines is 1. The SMILES string of the molecule is COc1ccc(CNc2cc(-c3[nH]nc4nc(N5CCC6(CCC[C@H]6NC(C)c6ccc(OC)cc6)CC5)cnc34)c(C)cn2)cc1. The Bertz CT molecular complexity index is 1810. The van der Waals surface area contributed by atoms with E-state index in [1.54, 1.807) is 14.2 Å². The Kier molecular flexibility index (Phi) is 8.68. The molecule has 1 unspecified atom stereocenters. The highest BCUT2D eigenvalue weighted by molar-refractivity contribution is 5.89. The number of aryl methyl sites for hydroxylation is 1. The van der Waals surface area contributed by atoms with Crippen LogP contribution in [0.4, 0.5) is 11.6 Å². The van der Waals surface area contributed by atoms with Crippen molar-refractivity contribution in [2.45, 2.75) is 64.6 Å². The zero-order chi connectivity index (χ0) is 32.4. The number of methoxy groups -OCH3 is 2. The summed E-state index contributed by atoms with van der Waals surface area (Å²) in [7, 11) is 3.39. The smallest absolute Gasteiger partial charge is 0.202 e. The van der Waals surface area contributed by atoms with Crippen molar-refractivity contribution in [1.29, 1.82) is 0 Å². The maximum absolute atomic E-state index is 5.35. The molecule has 1 saturated heterocycles. The third kappa shape index (κ3) is 6.34. The number of benzene rings is 2. The first-order chi connectivity index (χ1) is 22.9. The van der Waals surface area contributed by atoms with Gasteiger partial charge in [-0.1, -0.05) is 30.7 Å². The van der Waals surface area contributed by atoms with E-state index in [1.807, 2.05) is 42.7 Å². The van der Waals surface area contributed by atoms with E-state index in [2.05, 4.69) is 68.8 Å². The standard InChI is InChI=1S/C37H44N8O2/c1-24-21-38-32(39-22-26-7-11-28(46-3)12-8-26)20-30(24)34-35-36(44-43-34)42-33(23-40-35)45-18-16-37(17-19-45)15-5-6-31(37)41-25(2)27-9-13-29(47-4)14-10-27/h7-14,20-21,23,25,31,41H,5-6,15-19,22H2,1-4H3,(H,38,39)(H,42,43,44)/t25?,31-/m1/s1. The highest BCUT2D eigenvalue weighted by Gasteiger charge is 2.45. The van der Waals surface area contributed by atoms with Crippen molar-refractivity contribution in [2.24, 2.45) is 5.41 Å². The Hall–Kier alpha value is -4.70. The number of nitrogens with zero attached hydrogens (tertiary/aromatic N) is 5. The third-order valence-corrected chi connectivity index (χ3v) is 10.3. The Balaban J connectivity index is 1.01. The maximum atomic E-state index is 5.35. The van der Waals surface area contributed by atoms with Crippen molar-refractivity contribution in [3.05, 3.63) is 83.7 Å². The molecule has 10 heteroatoms. The number of ether oxygens (including phenoxy) is 2. The van der Waals surface area contributed by atoms with Crippen LogP contribution in [-0.4, -0.2) is 58.5 Å². The topological polar surface area (TPSA) is 113 Å². The van der Waals surface area contributed by atoms with E-state index < -0.39 is 0 Å². The summed E-state index contributed by atoms with van der Waals surface area (Å²) in [4.78, 5) is 16.9. The average Bonchev–Trinajstić information content (AvgIpc) is 3.71. The number of anilines is 2. The molecule has 1 aliphatic carbocycles. The summed E-state index contributed by atoms with van der Waals surface area (Å²) in [6, 6.07) is 19.3. The predicted molar refractivity (Wildman–Crippen MR) is 186 cm³/mol. The van der Waals surface area contributed by atoms with Gasteiger partial charge in [0.1, 0.15) is 28.7 Å². The number of rotatable bonds is 10.